The van der Waals surface area contributed by atoms with E-state index in [0.29, 0.717) is 24.7 Å². The fraction of sp³-hybridized carbons (Fsp3) is 0.351. The van der Waals surface area contributed by atoms with Crippen molar-refractivity contribution < 1.29 is 14.6 Å². The lowest BCUT2D eigenvalue weighted by Crippen LogP contribution is -2.39. The van der Waals surface area contributed by atoms with Gasteiger partial charge in [-0.25, -0.2) is 9.78 Å². The molecule has 0 bridgehead atoms. The van der Waals surface area contributed by atoms with Gasteiger partial charge in [-0.2, -0.15) is 0 Å². The van der Waals surface area contributed by atoms with Crippen LogP contribution in [0, 0.1) is 6.92 Å². The van der Waals surface area contributed by atoms with Crippen LogP contribution in [0.3, 0.4) is 0 Å². The topological polar surface area (TPSA) is 93.4 Å². The molecule has 1 atom stereocenters. The van der Waals surface area contributed by atoms with E-state index in [-0.39, 0.29) is 6.04 Å². The van der Waals surface area contributed by atoms with Gasteiger partial charge < -0.3 is 19.3 Å². The maximum Gasteiger partial charge on any atom is 0.335 e. The Kier molecular flexibility index (Phi) is 6.90. The minimum Gasteiger partial charge on any atom is -0.478 e. The summed E-state index contributed by atoms with van der Waals surface area (Å²) in [5.74, 6) is -0.482. The number of hydrogen-bond donors (Lipinski definition) is 1. The average molecular weight is 600 g/mol. The van der Waals surface area contributed by atoms with Gasteiger partial charge in [0.15, 0.2) is 0 Å². The zero-order valence-electron chi connectivity index (χ0n) is 25.6. The monoisotopic (exact) mass is 599 g/mol. The third-order valence-corrected chi connectivity index (χ3v) is 10.2. The lowest BCUT2D eigenvalue weighted by Gasteiger charge is -2.39. The highest BCUT2D eigenvalue weighted by Crippen LogP contribution is 2.51. The minimum atomic E-state index is -0.905. The number of fused-ring (bicyclic) bond motifs is 7. The molecule has 8 heteroatoms. The molecule has 2 aromatic carbocycles. The van der Waals surface area contributed by atoms with Crippen molar-refractivity contribution >= 4 is 27.8 Å². The van der Waals surface area contributed by atoms with Crippen LogP contribution in [0.4, 0.5) is 0 Å². The summed E-state index contributed by atoms with van der Waals surface area (Å²) < 4.78 is 8.13. The Morgan fingerprint density at radius 1 is 0.978 bits per heavy atom. The Labute approximate surface area is 262 Å². The number of benzene rings is 2. The third-order valence-electron chi connectivity index (χ3n) is 10.2. The van der Waals surface area contributed by atoms with Gasteiger partial charge in [-0.3, -0.25) is 9.97 Å². The molecule has 1 N–H and O–H groups in total. The molecular formula is C37H37N5O3. The van der Waals surface area contributed by atoms with Crippen LogP contribution >= 0.6 is 0 Å². The minimum absolute atomic E-state index is 0.0676. The molecule has 0 spiro atoms. The molecule has 5 aromatic rings. The van der Waals surface area contributed by atoms with Crippen molar-refractivity contribution in [3.8, 4) is 22.6 Å². The summed E-state index contributed by atoms with van der Waals surface area (Å²) >= 11 is 0. The summed E-state index contributed by atoms with van der Waals surface area (Å²) in [4.78, 5) is 28.7. The zero-order chi connectivity index (χ0) is 30.7. The highest BCUT2D eigenvalue weighted by Gasteiger charge is 2.36. The maximum absolute atomic E-state index is 12.2. The number of morpholine rings is 1. The van der Waals surface area contributed by atoms with Crippen LogP contribution < -0.4 is 0 Å². The van der Waals surface area contributed by atoms with Crippen LogP contribution in [0.25, 0.3) is 44.5 Å². The summed E-state index contributed by atoms with van der Waals surface area (Å²) in [7, 11) is 0. The fourth-order valence-corrected chi connectivity index (χ4v) is 7.98. The number of rotatable bonds is 5. The summed E-state index contributed by atoms with van der Waals surface area (Å²) in [6.07, 6.45) is 10.2. The molecule has 3 aromatic heterocycles. The number of aromatic carboxylic acids is 1. The number of nitrogens with zero attached hydrogens (tertiary/aromatic N) is 5. The SMILES string of the molecule is C=C(C1Cc2c(ccc3nc(-c4nccnc4C)ccc23)-c2c(C3CCCCC3)c3ccc(C(=O)O)cc3n21)N1CCOCC1. The molecule has 0 amide bonds. The molecular weight excluding hydrogens is 562 g/mol. The number of carboxylic acids is 1. The largest absolute Gasteiger partial charge is 0.478 e. The van der Waals surface area contributed by atoms with Gasteiger partial charge in [0, 0.05) is 53.9 Å². The van der Waals surface area contributed by atoms with Crippen molar-refractivity contribution in [2.24, 2.45) is 0 Å². The Hall–Kier alpha value is -4.56. The predicted octanol–water partition coefficient (Wildman–Crippen LogP) is 7.31. The summed E-state index contributed by atoms with van der Waals surface area (Å²) in [6.45, 7) is 9.61. The van der Waals surface area contributed by atoms with E-state index in [0.717, 1.165) is 71.6 Å². The van der Waals surface area contributed by atoms with E-state index >= 15 is 0 Å². The Balaban J connectivity index is 1.39. The normalized spacial score (nSPS) is 18.6. The molecule has 45 heavy (non-hydrogen) atoms. The molecule has 0 radical (unpaired) electrons. The van der Waals surface area contributed by atoms with E-state index in [2.05, 4.69) is 49.8 Å². The molecule has 1 saturated heterocycles. The fourth-order valence-electron chi connectivity index (χ4n) is 7.98. The molecule has 1 saturated carbocycles. The number of carbonyl (C=O) groups is 1. The summed E-state index contributed by atoms with van der Waals surface area (Å²) in [5.41, 5.74) is 10.8. The highest BCUT2D eigenvalue weighted by molar-refractivity contribution is 6.01. The second-order valence-corrected chi connectivity index (χ2v) is 12.7. The Morgan fingerprint density at radius 3 is 2.53 bits per heavy atom. The van der Waals surface area contributed by atoms with Gasteiger partial charge >= 0.3 is 5.97 Å². The molecule has 5 heterocycles. The lowest BCUT2D eigenvalue weighted by atomic mass is 9.80. The van der Waals surface area contributed by atoms with Gasteiger partial charge in [-0.05, 0) is 61.1 Å². The molecule has 228 valence electrons. The molecule has 1 unspecified atom stereocenters. The third kappa shape index (κ3) is 4.62. The molecule has 3 aliphatic rings. The second-order valence-electron chi connectivity index (χ2n) is 12.7. The van der Waals surface area contributed by atoms with Gasteiger partial charge in [0.1, 0.15) is 5.69 Å². The van der Waals surface area contributed by atoms with E-state index in [4.69, 9.17) is 16.3 Å². The summed E-state index contributed by atoms with van der Waals surface area (Å²) in [6, 6.07) is 14.3. The predicted molar refractivity (Wildman–Crippen MR) is 175 cm³/mol. The molecule has 8 nitrogen and oxygen atoms in total. The number of hydrogen-bond acceptors (Lipinski definition) is 6. The average Bonchev–Trinajstić information content (AvgIpc) is 3.43. The van der Waals surface area contributed by atoms with E-state index in [1.165, 1.54) is 47.0 Å². The number of aryl methyl sites for hydroxylation is 1. The van der Waals surface area contributed by atoms with Crippen molar-refractivity contribution in [2.75, 3.05) is 26.3 Å². The van der Waals surface area contributed by atoms with Crippen molar-refractivity contribution in [3.63, 3.8) is 0 Å². The first-order chi connectivity index (χ1) is 22.0. The molecule has 2 aliphatic heterocycles. The van der Waals surface area contributed by atoms with Crippen molar-refractivity contribution in [1.29, 1.82) is 0 Å². The first-order valence-corrected chi connectivity index (χ1v) is 16.1. The van der Waals surface area contributed by atoms with Gasteiger partial charge in [0.2, 0.25) is 0 Å². The Morgan fingerprint density at radius 2 is 1.76 bits per heavy atom. The maximum atomic E-state index is 12.2. The number of ether oxygens (including phenoxy) is 1. The van der Waals surface area contributed by atoms with Crippen molar-refractivity contribution in [2.45, 2.75) is 57.4 Å². The molecule has 2 fully saturated rings. The van der Waals surface area contributed by atoms with Crippen LogP contribution in [0.2, 0.25) is 0 Å². The van der Waals surface area contributed by atoms with Crippen LogP contribution in [-0.2, 0) is 11.2 Å². The second kappa shape index (κ2) is 11.1. The first kappa shape index (κ1) is 28.0. The first-order valence-electron chi connectivity index (χ1n) is 16.1. The number of allylic oxidation sites excluding steroid dienone is 1. The van der Waals surface area contributed by atoms with Gasteiger partial charge in [0.25, 0.3) is 0 Å². The van der Waals surface area contributed by atoms with Gasteiger partial charge in [0.05, 0.1) is 52.9 Å². The number of pyridine rings is 1. The summed E-state index contributed by atoms with van der Waals surface area (Å²) in [5, 5.41) is 12.3. The van der Waals surface area contributed by atoms with E-state index in [9.17, 15) is 9.90 Å². The van der Waals surface area contributed by atoms with Crippen molar-refractivity contribution in [1.82, 2.24) is 24.4 Å². The van der Waals surface area contributed by atoms with E-state index in [1.54, 1.807) is 18.5 Å². The van der Waals surface area contributed by atoms with Crippen LogP contribution in [0.1, 0.15) is 71.2 Å². The quantitative estimate of drug-likeness (QED) is 0.226. The molecule has 8 rings (SSSR count). The van der Waals surface area contributed by atoms with E-state index < -0.39 is 5.97 Å². The van der Waals surface area contributed by atoms with Crippen LogP contribution in [0.5, 0.6) is 0 Å². The van der Waals surface area contributed by atoms with Gasteiger partial charge in [-0.15, -0.1) is 0 Å². The number of aromatic nitrogens is 4. The van der Waals surface area contributed by atoms with Crippen LogP contribution in [-0.4, -0.2) is 61.8 Å². The lowest BCUT2D eigenvalue weighted by molar-refractivity contribution is 0.0492. The van der Waals surface area contributed by atoms with Crippen LogP contribution in [0.15, 0.2) is 67.1 Å². The van der Waals surface area contributed by atoms with E-state index in [1.807, 2.05) is 13.0 Å². The van der Waals surface area contributed by atoms with Gasteiger partial charge in [-0.1, -0.05) is 44.0 Å². The smallest absolute Gasteiger partial charge is 0.335 e. The number of carboxylic acid groups (broad SMARTS) is 1. The van der Waals surface area contributed by atoms with Crippen molar-refractivity contribution in [3.05, 3.63) is 89.5 Å². The Bertz CT molecular complexity index is 1980. The highest BCUT2D eigenvalue weighted by atomic mass is 16.5. The zero-order valence-corrected chi connectivity index (χ0v) is 25.6. The molecule has 1 aliphatic carbocycles. The standard InChI is InChI=1S/C37H37N5O3/c1-22-35(39-15-14-38-22)31-13-10-26-29-21-32(23(2)41-16-18-45-19-17-41)42-33-20-25(37(43)44)8-9-28(33)34(24-6-4-3-5-7-24)36(42)27(29)11-12-30(26)40-31/h8-15,20,24,32H,2-7,16-19,21H2,1H3,(H,43,44).